The lowest BCUT2D eigenvalue weighted by molar-refractivity contribution is -0.156. The monoisotopic (exact) mass is 420 g/mol. The molecule has 1 unspecified atom stereocenters. The molecule has 8 nitrogen and oxygen atoms in total. The molecule has 0 heterocycles. The zero-order chi connectivity index (χ0) is 22.6. The van der Waals surface area contributed by atoms with Crippen LogP contribution in [0.4, 0.5) is 4.79 Å². The Morgan fingerprint density at radius 2 is 1.73 bits per heavy atom. The summed E-state index contributed by atoms with van der Waals surface area (Å²) in [6.07, 6.45) is 1.24. The summed E-state index contributed by atoms with van der Waals surface area (Å²) in [7, 11) is 0. The predicted octanol–water partition coefficient (Wildman–Crippen LogP) is 2.11. The van der Waals surface area contributed by atoms with E-state index in [4.69, 9.17) is 9.47 Å². The zero-order valence-corrected chi connectivity index (χ0v) is 17.8. The highest BCUT2D eigenvalue weighted by molar-refractivity contribution is 5.90. The first kappa shape index (κ1) is 25.2. The van der Waals surface area contributed by atoms with Crippen LogP contribution in [0.1, 0.15) is 39.2 Å². The molecule has 2 amide bonds. The quantitative estimate of drug-likeness (QED) is 0.353. The summed E-state index contributed by atoms with van der Waals surface area (Å²) < 4.78 is 9.97. The maximum atomic E-state index is 13.0. The van der Waals surface area contributed by atoms with Gasteiger partial charge in [-0.2, -0.15) is 0 Å². The number of carbonyl (C=O) groups excluding carboxylic acids is 3. The van der Waals surface area contributed by atoms with Gasteiger partial charge in [0, 0.05) is 6.42 Å². The summed E-state index contributed by atoms with van der Waals surface area (Å²) in [5.41, 5.74) is -0.682. The Morgan fingerprint density at radius 3 is 2.27 bits per heavy atom. The summed E-state index contributed by atoms with van der Waals surface area (Å²) in [5.74, 6) is -1.36. The Bertz CT molecular complexity index is 703. The van der Waals surface area contributed by atoms with Gasteiger partial charge in [-0.1, -0.05) is 56.8 Å². The van der Waals surface area contributed by atoms with Crippen LogP contribution in [0, 0.1) is 0 Å². The number of aliphatic hydroxyl groups is 1. The van der Waals surface area contributed by atoms with Gasteiger partial charge in [0.15, 0.2) is 6.04 Å². The molecule has 1 aromatic rings. The van der Waals surface area contributed by atoms with Crippen molar-refractivity contribution in [1.29, 1.82) is 0 Å². The number of rotatable bonds is 12. The number of hydrogen-bond donors (Lipinski definition) is 3. The van der Waals surface area contributed by atoms with Crippen molar-refractivity contribution in [3.8, 4) is 0 Å². The molecule has 0 aromatic heterocycles. The number of alkyl carbamates (subject to hydrolysis) is 1. The van der Waals surface area contributed by atoms with Crippen molar-refractivity contribution >= 4 is 18.0 Å². The molecule has 0 saturated heterocycles. The van der Waals surface area contributed by atoms with Gasteiger partial charge in [-0.15, -0.1) is 0 Å². The molecule has 166 valence electrons. The van der Waals surface area contributed by atoms with Crippen LogP contribution in [0.5, 0.6) is 0 Å². The molecule has 0 aliphatic heterocycles. The summed E-state index contributed by atoms with van der Waals surface area (Å²) in [5, 5.41) is 15.9. The van der Waals surface area contributed by atoms with Crippen LogP contribution in [0.15, 0.2) is 43.0 Å². The molecule has 8 heteroatoms. The number of amides is 2. The van der Waals surface area contributed by atoms with Crippen LogP contribution in [-0.2, 0) is 25.5 Å². The van der Waals surface area contributed by atoms with E-state index in [0.717, 1.165) is 5.56 Å². The maximum absolute atomic E-state index is 13.0. The van der Waals surface area contributed by atoms with E-state index in [1.54, 1.807) is 20.8 Å². The van der Waals surface area contributed by atoms with E-state index >= 15 is 0 Å². The third-order valence-electron chi connectivity index (χ3n) is 4.79. The first-order chi connectivity index (χ1) is 14.3. The molecule has 0 aliphatic carbocycles. The number of ether oxygens (including phenoxy) is 2. The van der Waals surface area contributed by atoms with Gasteiger partial charge in [-0.3, -0.25) is 4.79 Å². The maximum Gasteiger partial charge on any atom is 0.408 e. The number of esters is 1. The third kappa shape index (κ3) is 7.51. The Balaban J connectivity index is 3.09. The van der Waals surface area contributed by atoms with Crippen LogP contribution in [-0.4, -0.2) is 54.0 Å². The highest BCUT2D eigenvalue weighted by atomic mass is 16.5. The Kier molecular flexibility index (Phi) is 10.6. The third-order valence-corrected chi connectivity index (χ3v) is 4.79. The lowest BCUT2D eigenvalue weighted by Crippen LogP contribution is -2.61. The molecule has 0 spiro atoms. The van der Waals surface area contributed by atoms with Crippen molar-refractivity contribution in [2.24, 2.45) is 0 Å². The van der Waals surface area contributed by atoms with Crippen molar-refractivity contribution in [3.05, 3.63) is 48.6 Å². The van der Waals surface area contributed by atoms with Gasteiger partial charge in [0.2, 0.25) is 5.91 Å². The number of carbonyl (C=O) groups is 3. The summed E-state index contributed by atoms with van der Waals surface area (Å²) >= 11 is 0. The fraction of sp³-hybridized carbons (Fsp3) is 0.500. The minimum absolute atomic E-state index is 0.0115. The molecule has 30 heavy (non-hydrogen) atoms. The molecule has 1 rings (SSSR count). The first-order valence-corrected chi connectivity index (χ1v) is 10.1. The van der Waals surface area contributed by atoms with Gasteiger partial charge in [0.05, 0.1) is 12.2 Å². The normalized spacial score (nSPS) is 12.9. The molecule has 0 saturated carbocycles. The van der Waals surface area contributed by atoms with Gasteiger partial charge in [-0.05, 0) is 25.3 Å². The van der Waals surface area contributed by atoms with Crippen LogP contribution in [0.3, 0.4) is 0 Å². The summed E-state index contributed by atoms with van der Waals surface area (Å²) in [6.45, 7) is 8.64. The molecule has 2 atom stereocenters. The van der Waals surface area contributed by atoms with Crippen molar-refractivity contribution in [3.63, 3.8) is 0 Å². The SMILES string of the molecule is C=CCOC(=O)N[C@@H](Cc1ccccc1)C(=O)NC(C(=O)OCC)C(O)(CC)CC. The second-order valence-corrected chi connectivity index (χ2v) is 6.78. The van der Waals surface area contributed by atoms with Crippen LogP contribution in [0.2, 0.25) is 0 Å². The second-order valence-electron chi connectivity index (χ2n) is 6.78. The lowest BCUT2D eigenvalue weighted by atomic mass is 9.88. The van der Waals surface area contributed by atoms with Crippen molar-refractivity contribution in [2.75, 3.05) is 13.2 Å². The Labute approximate surface area is 177 Å². The number of hydrogen-bond acceptors (Lipinski definition) is 6. The average molecular weight is 421 g/mol. The summed E-state index contributed by atoms with van der Waals surface area (Å²) in [6, 6.07) is 6.79. The van der Waals surface area contributed by atoms with E-state index < -0.39 is 35.7 Å². The Morgan fingerprint density at radius 1 is 1.10 bits per heavy atom. The largest absolute Gasteiger partial charge is 0.464 e. The van der Waals surface area contributed by atoms with Crippen LogP contribution >= 0.6 is 0 Å². The average Bonchev–Trinajstić information content (AvgIpc) is 2.75. The minimum atomic E-state index is -1.48. The molecule has 0 bridgehead atoms. The molecule has 0 fully saturated rings. The van der Waals surface area contributed by atoms with Crippen LogP contribution in [0.25, 0.3) is 0 Å². The van der Waals surface area contributed by atoms with E-state index in [1.165, 1.54) is 6.08 Å². The standard InChI is InChI=1S/C22H32N2O6/c1-5-14-30-21(27)23-17(15-16-12-10-9-11-13-16)19(25)24-18(20(26)29-8-4)22(28,6-2)7-3/h5,9-13,17-18,28H,1,6-8,14-15H2,2-4H3,(H,23,27)(H,24,25)/t17-,18?/m0/s1. The van der Waals surface area contributed by atoms with Crippen molar-refractivity contribution < 1.29 is 29.0 Å². The molecule has 0 radical (unpaired) electrons. The van der Waals surface area contributed by atoms with E-state index in [1.807, 2.05) is 30.3 Å². The lowest BCUT2D eigenvalue weighted by Gasteiger charge is -2.34. The molecule has 0 aliphatic rings. The van der Waals surface area contributed by atoms with Gasteiger partial charge in [-0.25, -0.2) is 9.59 Å². The number of nitrogens with one attached hydrogen (secondary N) is 2. The van der Waals surface area contributed by atoms with Gasteiger partial charge in [0.1, 0.15) is 12.6 Å². The molecule has 3 N–H and O–H groups in total. The van der Waals surface area contributed by atoms with Crippen molar-refractivity contribution in [2.45, 2.75) is 57.7 Å². The van der Waals surface area contributed by atoms with Crippen molar-refractivity contribution in [1.82, 2.24) is 10.6 Å². The topological polar surface area (TPSA) is 114 Å². The van der Waals surface area contributed by atoms with E-state index in [2.05, 4.69) is 17.2 Å². The van der Waals surface area contributed by atoms with E-state index in [0.29, 0.717) is 0 Å². The highest BCUT2D eigenvalue weighted by Crippen LogP contribution is 2.21. The van der Waals surface area contributed by atoms with E-state index in [9.17, 15) is 19.5 Å². The Hall–Kier alpha value is -2.87. The predicted molar refractivity (Wildman–Crippen MR) is 113 cm³/mol. The molecular weight excluding hydrogens is 388 g/mol. The zero-order valence-electron chi connectivity index (χ0n) is 17.8. The summed E-state index contributed by atoms with van der Waals surface area (Å²) in [4.78, 5) is 37.5. The fourth-order valence-electron chi connectivity index (χ4n) is 2.92. The second kappa shape index (κ2) is 12.6. The van der Waals surface area contributed by atoms with Gasteiger partial charge >= 0.3 is 12.1 Å². The minimum Gasteiger partial charge on any atom is -0.464 e. The van der Waals surface area contributed by atoms with E-state index in [-0.39, 0.29) is 32.5 Å². The smallest absolute Gasteiger partial charge is 0.408 e. The van der Waals surface area contributed by atoms with Crippen LogP contribution < -0.4 is 10.6 Å². The van der Waals surface area contributed by atoms with Gasteiger partial charge in [0.25, 0.3) is 0 Å². The molecular formula is C22H32N2O6. The molecule has 1 aromatic carbocycles. The fourth-order valence-corrected chi connectivity index (χ4v) is 2.92. The highest BCUT2D eigenvalue weighted by Gasteiger charge is 2.42. The first-order valence-electron chi connectivity index (χ1n) is 10.1. The van der Waals surface area contributed by atoms with Gasteiger partial charge < -0.3 is 25.2 Å². The number of benzene rings is 1.